The molecule has 1 heterocycles. The minimum absolute atomic E-state index is 0.727. The smallest absolute Gasteiger partial charge is 0.0163 e. The van der Waals surface area contributed by atoms with Crippen LogP contribution in [0.15, 0.2) is 42.5 Å². The third-order valence-electron chi connectivity index (χ3n) is 3.18. The summed E-state index contributed by atoms with van der Waals surface area (Å²) in [5.41, 5.74) is 1.49. The van der Waals surface area contributed by atoms with Crippen LogP contribution >= 0.6 is 12.6 Å². The zero-order valence-corrected chi connectivity index (χ0v) is 10.4. The van der Waals surface area contributed by atoms with Gasteiger partial charge in [-0.2, -0.15) is 12.6 Å². The maximum absolute atomic E-state index is 4.17. The predicted octanol–water partition coefficient (Wildman–Crippen LogP) is 2.96. The van der Waals surface area contributed by atoms with Crippen molar-refractivity contribution in [2.24, 2.45) is 0 Å². The summed E-state index contributed by atoms with van der Waals surface area (Å²) in [5, 5.41) is 0. The van der Waals surface area contributed by atoms with E-state index in [-0.39, 0.29) is 0 Å². The highest BCUT2D eigenvalue weighted by molar-refractivity contribution is 7.80. The molecule has 2 rings (SSSR count). The zero-order chi connectivity index (χ0) is 11.2. The molecule has 16 heavy (non-hydrogen) atoms. The molecule has 1 aliphatic heterocycles. The second kappa shape index (κ2) is 6.12. The van der Waals surface area contributed by atoms with Crippen molar-refractivity contribution in [2.75, 3.05) is 25.4 Å². The van der Waals surface area contributed by atoms with E-state index in [9.17, 15) is 0 Å². The van der Waals surface area contributed by atoms with Gasteiger partial charge in [-0.05, 0) is 24.4 Å². The molecule has 1 atom stereocenters. The van der Waals surface area contributed by atoms with Crippen molar-refractivity contribution in [2.45, 2.75) is 12.3 Å². The molecule has 0 radical (unpaired) electrons. The summed E-state index contributed by atoms with van der Waals surface area (Å²) in [6.45, 7) is 3.49. The highest BCUT2D eigenvalue weighted by Crippen LogP contribution is 2.26. The maximum atomic E-state index is 4.17. The molecule has 0 aliphatic carbocycles. The zero-order valence-electron chi connectivity index (χ0n) is 9.55. The summed E-state index contributed by atoms with van der Waals surface area (Å²) in [7, 11) is 0. The largest absolute Gasteiger partial charge is 0.299 e. The SMILES string of the molecule is SCC=CCN1CCC(c2ccccc2)C1. The van der Waals surface area contributed by atoms with E-state index in [1.54, 1.807) is 0 Å². The highest BCUT2D eigenvalue weighted by Gasteiger charge is 2.22. The normalized spacial score (nSPS) is 21.9. The highest BCUT2D eigenvalue weighted by atomic mass is 32.1. The van der Waals surface area contributed by atoms with Gasteiger partial charge in [0.2, 0.25) is 0 Å². The Kier molecular flexibility index (Phi) is 4.49. The Labute approximate surface area is 104 Å². The van der Waals surface area contributed by atoms with Crippen LogP contribution in [0, 0.1) is 0 Å². The first-order chi connectivity index (χ1) is 7.90. The third kappa shape index (κ3) is 3.13. The monoisotopic (exact) mass is 233 g/mol. The van der Waals surface area contributed by atoms with Crippen molar-refractivity contribution in [3.8, 4) is 0 Å². The van der Waals surface area contributed by atoms with Crippen LogP contribution in [0.1, 0.15) is 17.9 Å². The molecular weight excluding hydrogens is 214 g/mol. The maximum Gasteiger partial charge on any atom is 0.0163 e. The van der Waals surface area contributed by atoms with Gasteiger partial charge in [0.15, 0.2) is 0 Å². The number of nitrogens with zero attached hydrogens (tertiary/aromatic N) is 1. The third-order valence-corrected chi connectivity index (χ3v) is 3.39. The molecule has 1 saturated heterocycles. The van der Waals surface area contributed by atoms with Crippen molar-refractivity contribution >= 4 is 12.6 Å². The van der Waals surface area contributed by atoms with Gasteiger partial charge in [0.25, 0.3) is 0 Å². The molecule has 2 heteroatoms. The molecule has 0 spiro atoms. The number of hydrogen-bond acceptors (Lipinski definition) is 2. The van der Waals surface area contributed by atoms with Crippen LogP contribution in [0.4, 0.5) is 0 Å². The van der Waals surface area contributed by atoms with Gasteiger partial charge in [-0.25, -0.2) is 0 Å². The average Bonchev–Trinajstić information content (AvgIpc) is 2.79. The summed E-state index contributed by atoms with van der Waals surface area (Å²) in [6, 6.07) is 10.9. The second-order valence-electron chi connectivity index (χ2n) is 4.31. The van der Waals surface area contributed by atoms with Gasteiger partial charge in [-0.15, -0.1) is 0 Å². The van der Waals surface area contributed by atoms with E-state index in [1.165, 1.54) is 25.1 Å². The molecule has 86 valence electrons. The summed E-state index contributed by atoms with van der Waals surface area (Å²) < 4.78 is 0. The van der Waals surface area contributed by atoms with Crippen LogP contribution in [0.2, 0.25) is 0 Å². The Hall–Kier alpha value is -0.730. The number of thiol groups is 1. The molecule has 0 aromatic heterocycles. The number of rotatable bonds is 4. The van der Waals surface area contributed by atoms with Gasteiger partial charge < -0.3 is 0 Å². The van der Waals surface area contributed by atoms with E-state index in [0.29, 0.717) is 0 Å². The Morgan fingerprint density at radius 3 is 2.81 bits per heavy atom. The van der Waals surface area contributed by atoms with E-state index in [0.717, 1.165) is 18.2 Å². The first-order valence-electron chi connectivity index (χ1n) is 5.93. The number of likely N-dealkylation sites (tertiary alicyclic amines) is 1. The molecule has 1 aromatic rings. The Morgan fingerprint density at radius 1 is 1.25 bits per heavy atom. The minimum Gasteiger partial charge on any atom is -0.299 e. The molecule has 1 fully saturated rings. The lowest BCUT2D eigenvalue weighted by Crippen LogP contribution is -2.20. The summed E-state index contributed by atoms with van der Waals surface area (Å²) in [5.74, 6) is 1.57. The van der Waals surface area contributed by atoms with E-state index in [1.807, 2.05) is 0 Å². The lowest BCUT2D eigenvalue weighted by Gasteiger charge is -2.13. The van der Waals surface area contributed by atoms with Crippen LogP contribution in [0.3, 0.4) is 0 Å². The molecular formula is C14H19NS. The van der Waals surface area contributed by atoms with Crippen LogP contribution < -0.4 is 0 Å². The van der Waals surface area contributed by atoms with Gasteiger partial charge in [-0.1, -0.05) is 42.5 Å². The topological polar surface area (TPSA) is 3.24 Å². The lowest BCUT2D eigenvalue weighted by molar-refractivity contribution is 0.372. The first kappa shape index (κ1) is 11.7. The molecule has 0 saturated carbocycles. The van der Waals surface area contributed by atoms with Gasteiger partial charge in [-0.3, -0.25) is 4.90 Å². The number of hydrogen-bond donors (Lipinski definition) is 1. The van der Waals surface area contributed by atoms with Crippen LogP contribution in [0.25, 0.3) is 0 Å². The number of benzene rings is 1. The summed E-state index contributed by atoms with van der Waals surface area (Å²) >= 11 is 4.17. The van der Waals surface area contributed by atoms with Gasteiger partial charge in [0.05, 0.1) is 0 Å². The fraction of sp³-hybridized carbons (Fsp3) is 0.429. The van der Waals surface area contributed by atoms with Crippen molar-refractivity contribution < 1.29 is 0 Å². The van der Waals surface area contributed by atoms with Crippen LogP contribution in [-0.4, -0.2) is 30.3 Å². The van der Waals surface area contributed by atoms with Crippen molar-refractivity contribution in [3.63, 3.8) is 0 Å². The molecule has 1 aliphatic rings. The van der Waals surface area contributed by atoms with Gasteiger partial charge >= 0.3 is 0 Å². The van der Waals surface area contributed by atoms with Crippen LogP contribution in [-0.2, 0) is 0 Å². The molecule has 1 unspecified atom stereocenters. The average molecular weight is 233 g/mol. The molecule has 0 amide bonds. The van der Waals surface area contributed by atoms with Crippen molar-refractivity contribution in [1.82, 2.24) is 4.90 Å². The fourth-order valence-corrected chi connectivity index (χ4v) is 2.44. The second-order valence-corrected chi connectivity index (χ2v) is 4.67. The predicted molar refractivity (Wildman–Crippen MR) is 73.2 cm³/mol. The molecule has 1 aromatic carbocycles. The molecule has 0 N–H and O–H groups in total. The Bertz CT molecular complexity index is 334. The standard InChI is InChI=1S/C14H19NS/c16-11-5-4-9-15-10-8-14(12-15)13-6-2-1-3-7-13/h1-7,14,16H,8-12H2. The van der Waals surface area contributed by atoms with E-state index in [4.69, 9.17) is 0 Å². The minimum atomic E-state index is 0.727. The Balaban J connectivity index is 1.86. The van der Waals surface area contributed by atoms with E-state index >= 15 is 0 Å². The lowest BCUT2D eigenvalue weighted by atomic mass is 9.99. The summed E-state index contributed by atoms with van der Waals surface area (Å²) in [6.07, 6.45) is 5.64. The van der Waals surface area contributed by atoms with Crippen molar-refractivity contribution in [3.05, 3.63) is 48.0 Å². The summed E-state index contributed by atoms with van der Waals surface area (Å²) in [4.78, 5) is 2.51. The Morgan fingerprint density at radius 2 is 2.06 bits per heavy atom. The van der Waals surface area contributed by atoms with Gasteiger partial charge in [0.1, 0.15) is 0 Å². The van der Waals surface area contributed by atoms with Gasteiger partial charge in [0, 0.05) is 18.8 Å². The van der Waals surface area contributed by atoms with Crippen LogP contribution in [0.5, 0.6) is 0 Å². The molecule has 1 nitrogen and oxygen atoms in total. The van der Waals surface area contributed by atoms with Crippen molar-refractivity contribution in [1.29, 1.82) is 0 Å². The van der Waals surface area contributed by atoms with E-state index in [2.05, 4.69) is 60.0 Å². The van der Waals surface area contributed by atoms with E-state index < -0.39 is 0 Å². The molecule has 0 bridgehead atoms. The fourth-order valence-electron chi connectivity index (χ4n) is 2.29. The quantitative estimate of drug-likeness (QED) is 0.618. The first-order valence-corrected chi connectivity index (χ1v) is 6.56.